The Bertz CT molecular complexity index is 103. The molecule has 0 aromatic rings. The number of rotatable bonds is 1. The zero-order valence-electron chi connectivity index (χ0n) is 4.50. The van der Waals surface area contributed by atoms with E-state index in [1.165, 1.54) is 0 Å². The average Bonchev–Trinajstić information content (AvgIpc) is 2.14. The maximum absolute atomic E-state index is 10.3. The lowest BCUT2D eigenvalue weighted by molar-refractivity contribution is -0.119. The highest BCUT2D eigenvalue weighted by molar-refractivity contribution is 5.78. The molecule has 1 aliphatic heterocycles. The number of carbonyl (C=O) groups is 1. The van der Waals surface area contributed by atoms with Crippen molar-refractivity contribution in [1.29, 1.82) is 0 Å². The van der Waals surface area contributed by atoms with E-state index < -0.39 is 0 Å². The Morgan fingerprint density at radius 3 is 2.88 bits per heavy atom. The van der Waals surface area contributed by atoms with E-state index in [0.29, 0.717) is 6.42 Å². The first-order valence-corrected chi connectivity index (χ1v) is 2.67. The minimum Gasteiger partial charge on any atom is -0.394 e. The van der Waals surface area contributed by atoms with Gasteiger partial charge in [0.25, 0.3) is 0 Å². The normalized spacial score (nSPS) is 28.1. The van der Waals surface area contributed by atoms with Crippen LogP contribution in [0.1, 0.15) is 12.8 Å². The summed E-state index contributed by atoms with van der Waals surface area (Å²) in [5.74, 6) is -0.0657. The van der Waals surface area contributed by atoms with Crippen LogP contribution in [-0.4, -0.2) is 23.7 Å². The molecule has 0 bridgehead atoms. The molecular formula is C5H8NO2. The van der Waals surface area contributed by atoms with E-state index in [9.17, 15) is 4.79 Å². The molecule has 0 aromatic carbocycles. The lowest BCUT2D eigenvalue weighted by Gasteiger charge is -1.98. The van der Waals surface area contributed by atoms with E-state index in [4.69, 9.17) is 5.11 Å². The summed E-state index contributed by atoms with van der Waals surface area (Å²) in [6.45, 7) is 0.0196. The molecule has 1 aliphatic rings. The van der Waals surface area contributed by atoms with E-state index in [-0.39, 0.29) is 18.6 Å². The van der Waals surface area contributed by atoms with Gasteiger partial charge in [-0.1, -0.05) is 0 Å². The van der Waals surface area contributed by atoms with Crippen molar-refractivity contribution in [3.8, 4) is 0 Å². The van der Waals surface area contributed by atoms with Crippen LogP contribution < -0.4 is 5.32 Å². The standard InChI is InChI=1S/C5H8NO2/c7-3-4-1-2-5(8)6-4/h4,7H,1-3H2. The molecule has 1 heterocycles. The van der Waals surface area contributed by atoms with E-state index >= 15 is 0 Å². The van der Waals surface area contributed by atoms with Gasteiger partial charge in [-0.25, -0.2) is 5.32 Å². The highest BCUT2D eigenvalue weighted by atomic mass is 16.3. The van der Waals surface area contributed by atoms with E-state index in [0.717, 1.165) is 6.42 Å². The monoisotopic (exact) mass is 114 g/mol. The molecule has 0 aliphatic carbocycles. The van der Waals surface area contributed by atoms with Gasteiger partial charge in [0.1, 0.15) is 0 Å². The number of aliphatic hydroxyl groups excluding tert-OH is 1. The van der Waals surface area contributed by atoms with E-state index in [1.807, 2.05) is 0 Å². The van der Waals surface area contributed by atoms with Gasteiger partial charge in [-0.2, -0.15) is 0 Å². The number of amides is 1. The van der Waals surface area contributed by atoms with Gasteiger partial charge < -0.3 is 5.11 Å². The van der Waals surface area contributed by atoms with Gasteiger partial charge in [0.15, 0.2) is 0 Å². The highest BCUT2D eigenvalue weighted by Crippen LogP contribution is 2.06. The topological polar surface area (TPSA) is 51.4 Å². The second kappa shape index (κ2) is 2.13. The summed E-state index contributed by atoms with van der Waals surface area (Å²) in [4.78, 5) is 10.3. The molecule has 1 rings (SSSR count). The fourth-order valence-electron chi connectivity index (χ4n) is 0.755. The van der Waals surface area contributed by atoms with Crippen LogP contribution in [0.5, 0.6) is 0 Å². The number of nitrogens with zero attached hydrogens (tertiary/aromatic N) is 1. The second-order valence-electron chi connectivity index (χ2n) is 1.90. The Kier molecular flexibility index (Phi) is 1.48. The Hall–Kier alpha value is -0.570. The molecule has 1 unspecified atom stereocenters. The molecule has 1 N–H and O–H groups in total. The Morgan fingerprint density at radius 2 is 2.62 bits per heavy atom. The first-order chi connectivity index (χ1) is 3.83. The van der Waals surface area contributed by atoms with Gasteiger partial charge in [-0.05, 0) is 6.42 Å². The zero-order valence-corrected chi connectivity index (χ0v) is 4.50. The average molecular weight is 114 g/mol. The van der Waals surface area contributed by atoms with Gasteiger partial charge in [-0.3, -0.25) is 4.79 Å². The molecule has 45 valence electrons. The van der Waals surface area contributed by atoms with Gasteiger partial charge in [0, 0.05) is 6.42 Å². The van der Waals surface area contributed by atoms with Crippen LogP contribution in [0.2, 0.25) is 0 Å². The van der Waals surface area contributed by atoms with Crippen LogP contribution in [0.25, 0.3) is 0 Å². The molecule has 1 amide bonds. The maximum Gasteiger partial charge on any atom is 0.241 e. The van der Waals surface area contributed by atoms with E-state index in [1.54, 1.807) is 0 Å². The van der Waals surface area contributed by atoms with Crippen LogP contribution in [0.4, 0.5) is 0 Å². The highest BCUT2D eigenvalue weighted by Gasteiger charge is 2.21. The van der Waals surface area contributed by atoms with Crippen LogP contribution in [0.15, 0.2) is 0 Å². The third kappa shape index (κ3) is 0.980. The molecule has 0 spiro atoms. The summed E-state index contributed by atoms with van der Waals surface area (Å²) >= 11 is 0. The Morgan fingerprint density at radius 1 is 1.88 bits per heavy atom. The van der Waals surface area contributed by atoms with Crippen LogP contribution in [0.3, 0.4) is 0 Å². The number of hydrogen-bond acceptors (Lipinski definition) is 2. The summed E-state index contributed by atoms with van der Waals surface area (Å²) in [5, 5.41) is 12.1. The molecule has 3 nitrogen and oxygen atoms in total. The lowest BCUT2D eigenvalue weighted by atomic mass is 10.2. The first-order valence-electron chi connectivity index (χ1n) is 2.67. The van der Waals surface area contributed by atoms with Crippen molar-refractivity contribution < 1.29 is 9.90 Å². The quantitative estimate of drug-likeness (QED) is 0.488. The second-order valence-corrected chi connectivity index (χ2v) is 1.90. The van der Waals surface area contributed by atoms with Crippen molar-refractivity contribution in [2.24, 2.45) is 0 Å². The van der Waals surface area contributed by atoms with Crippen LogP contribution >= 0.6 is 0 Å². The molecular weight excluding hydrogens is 106 g/mol. The van der Waals surface area contributed by atoms with Crippen LogP contribution in [-0.2, 0) is 4.79 Å². The number of aliphatic hydroxyl groups is 1. The van der Waals surface area contributed by atoms with Crippen molar-refractivity contribution in [2.45, 2.75) is 18.9 Å². The molecule has 0 aromatic heterocycles. The number of hydrogen-bond donors (Lipinski definition) is 1. The molecule has 1 saturated heterocycles. The molecule has 1 fully saturated rings. The summed E-state index contributed by atoms with van der Waals surface area (Å²) in [5.41, 5.74) is 0. The SMILES string of the molecule is O=C1CCC(CO)[N]1. The predicted molar refractivity (Wildman–Crippen MR) is 27.2 cm³/mol. The van der Waals surface area contributed by atoms with Crippen molar-refractivity contribution in [2.75, 3.05) is 6.61 Å². The van der Waals surface area contributed by atoms with Gasteiger partial charge in [-0.15, -0.1) is 0 Å². The van der Waals surface area contributed by atoms with E-state index in [2.05, 4.69) is 5.32 Å². The smallest absolute Gasteiger partial charge is 0.241 e. The van der Waals surface area contributed by atoms with Crippen molar-refractivity contribution in [1.82, 2.24) is 5.32 Å². The summed E-state index contributed by atoms with van der Waals surface area (Å²) < 4.78 is 0. The largest absolute Gasteiger partial charge is 0.394 e. The summed E-state index contributed by atoms with van der Waals surface area (Å²) in [7, 11) is 0. The molecule has 1 radical (unpaired) electrons. The predicted octanol–water partition coefficient (Wildman–Crippen LogP) is -0.728. The van der Waals surface area contributed by atoms with Crippen molar-refractivity contribution in [3.63, 3.8) is 0 Å². The van der Waals surface area contributed by atoms with Crippen molar-refractivity contribution in [3.05, 3.63) is 0 Å². The molecule has 0 saturated carbocycles. The van der Waals surface area contributed by atoms with Crippen molar-refractivity contribution >= 4 is 5.91 Å². The Balaban J connectivity index is 2.32. The Labute approximate surface area is 47.7 Å². The molecule has 1 atom stereocenters. The first kappa shape index (κ1) is 5.56. The number of carbonyl (C=O) groups excluding carboxylic acids is 1. The maximum atomic E-state index is 10.3. The van der Waals surface area contributed by atoms with Gasteiger partial charge in [0.05, 0.1) is 12.6 Å². The fraction of sp³-hybridized carbons (Fsp3) is 0.800. The lowest BCUT2D eigenvalue weighted by Crippen LogP contribution is -2.20. The summed E-state index contributed by atoms with van der Waals surface area (Å²) in [6.07, 6.45) is 1.25. The minimum absolute atomic E-state index is 0.0196. The third-order valence-electron chi connectivity index (χ3n) is 1.23. The minimum atomic E-state index is -0.0949. The zero-order chi connectivity index (χ0) is 5.98. The molecule has 8 heavy (non-hydrogen) atoms. The molecule has 3 heteroatoms. The fourth-order valence-corrected chi connectivity index (χ4v) is 0.755. The van der Waals surface area contributed by atoms with Crippen LogP contribution in [0, 0.1) is 0 Å². The van der Waals surface area contributed by atoms with Gasteiger partial charge in [0.2, 0.25) is 5.91 Å². The third-order valence-corrected chi connectivity index (χ3v) is 1.23. The van der Waals surface area contributed by atoms with Gasteiger partial charge >= 0.3 is 0 Å². The summed E-state index contributed by atoms with van der Waals surface area (Å²) in [6, 6.07) is -0.0949.